The topological polar surface area (TPSA) is 12.9 Å². The third kappa shape index (κ3) is 4.04. The van der Waals surface area contributed by atoms with Crippen LogP contribution in [0, 0.1) is 6.92 Å². The molecule has 1 aromatic heterocycles. The van der Waals surface area contributed by atoms with E-state index in [-0.39, 0.29) is 0 Å². The molecule has 1 heterocycles. The molecule has 0 radical (unpaired) electrons. The number of hydrogen-bond acceptors (Lipinski definition) is 2. The molecule has 70 valence electrons. The van der Waals surface area contributed by atoms with Gasteiger partial charge >= 0.3 is 0 Å². The number of hydrogen-bond donors (Lipinski definition) is 0. The van der Waals surface area contributed by atoms with Crippen LogP contribution >= 0.6 is 11.3 Å². The molecule has 0 unspecified atom stereocenters. The van der Waals surface area contributed by atoms with Crippen LogP contribution in [0.3, 0.4) is 0 Å². The summed E-state index contributed by atoms with van der Waals surface area (Å²) in [5, 5.41) is 4.09. The predicted molar refractivity (Wildman–Crippen MR) is 58.5 cm³/mol. The van der Waals surface area contributed by atoms with Crippen molar-refractivity contribution in [1.82, 2.24) is 4.98 Å². The van der Waals surface area contributed by atoms with Crippen molar-refractivity contribution in [1.29, 1.82) is 0 Å². The van der Waals surface area contributed by atoms with Crippen molar-refractivity contribution < 1.29 is 0 Å². The zero-order valence-electron chi connectivity index (χ0n) is 8.16. The summed E-state index contributed by atoms with van der Waals surface area (Å²) < 4.78 is 0. The lowest BCUT2D eigenvalue weighted by Gasteiger charge is -1.93. The van der Waals surface area contributed by atoms with Crippen molar-refractivity contribution in [2.75, 3.05) is 0 Å². The molecular weight excluding hydrogens is 178 g/mol. The van der Waals surface area contributed by atoms with Gasteiger partial charge in [0.15, 0.2) is 0 Å². The second-order valence-corrected chi connectivity index (χ2v) is 3.78. The fourth-order valence-corrected chi connectivity index (χ4v) is 1.63. The normalized spacial score (nSPS) is 9.38. The van der Waals surface area contributed by atoms with Gasteiger partial charge in [0.25, 0.3) is 0 Å². The van der Waals surface area contributed by atoms with Gasteiger partial charge < -0.3 is 0 Å². The first kappa shape index (κ1) is 10.2. The maximum absolute atomic E-state index is 4.27. The molecule has 0 aliphatic carbocycles. The van der Waals surface area contributed by atoms with Gasteiger partial charge in [0.2, 0.25) is 0 Å². The molecule has 13 heavy (non-hydrogen) atoms. The van der Waals surface area contributed by atoms with Gasteiger partial charge in [-0.25, -0.2) is 0 Å². The lowest BCUT2D eigenvalue weighted by molar-refractivity contribution is 0.920. The number of nitrogens with zero attached hydrogens (tertiary/aromatic N) is 1. The van der Waals surface area contributed by atoms with Gasteiger partial charge in [-0.2, -0.15) is 11.3 Å². The fraction of sp³-hybridized carbons (Fsp3) is 0.364. The Morgan fingerprint density at radius 2 is 2.23 bits per heavy atom. The van der Waals surface area contributed by atoms with Crippen LogP contribution in [0.4, 0.5) is 0 Å². The minimum atomic E-state index is 1.08. The number of rotatable bonds is 2. The smallest absolute Gasteiger partial charge is 0.0375 e. The lowest BCUT2D eigenvalue weighted by atomic mass is 10.1. The molecular formula is C11H15NS. The summed E-state index contributed by atoms with van der Waals surface area (Å²) in [4.78, 5) is 4.27. The van der Waals surface area contributed by atoms with E-state index in [4.69, 9.17) is 0 Å². The van der Waals surface area contributed by atoms with Crippen LogP contribution in [0.2, 0.25) is 0 Å². The van der Waals surface area contributed by atoms with Crippen molar-refractivity contribution in [3.8, 4) is 0 Å². The Labute approximate surface area is 83.8 Å². The maximum atomic E-state index is 4.27. The molecule has 0 N–H and O–H groups in total. The molecule has 0 aromatic carbocycles. The molecule has 0 fully saturated rings. The van der Waals surface area contributed by atoms with Crippen molar-refractivity contribution in [3.63, 3.8) is 0 Å². The molecule has 1 nitrogen and oxygen atoms in total. The molecule has 0 saturated carbocycles. The molecule has 0 atom stereocenters. The van der Waals surface area contributed by atoms with E-state index in [0.717, 1.165) is 12.1 Å². The van der Waals surface area contributed by atoms with E-state index in [1.54, 1.807) is 11.3 Å². The summed E-state index contributed by atoms with van der Waals surface area (Å²) in [6.07, 6.45) is 4.15. The molecule has 0 spiro atoms. The van der Waals surface area contributed by atoms with Gasteiger partial charge in [-0.1, -0.05) is 13.3 Å². The Morgan fingerprint density at radius 1 is 1.38 bits per heavy atom. The van der Waals surface area contributed by atoms with E-state index in [1.165, 1.54) is 12.0 Å². The Balaban J connectivity index is 3.09. The SMILES string of the molecule is CCCc1ccsccnc(C)c1. The van der Waals surface area contributed by atoms with E-state index >= 15 is 0 Å². The van der Waals surface area contributed by atoms with Gasteiger partial charge in [-0.05, 0) is 36.4 Å². The first-order valence-electron chi connectivity index (χ1n) is 4.55. The third-order valence-electron chi connectivity index (χ3n) is 1.71. The minimum Gasteiger partial charge on any atom is -0.261 e. The molecule has 0 saturated heterocycles. The van der Waals surface area contributed by atoms with Crippen LogP contribution in [0.25, 0.3) is 0 Å². The van der Waals surface area contributed by atoms with Gasteiger partial charge in [0.05, 0.1) is 0 Å². The largest absolute Gasteiger partial charge is 0.261 e. The molecule has 2 heteroatoms. The highest BCUT2D eigenvalue weighted by Crippen LogP contribution is 2.02. The van der Waals surface area contributed by atoms with Gasteiger partial charge in [-0.15, -0.1) is 0 Å². The van der Waals surface area contributed by atoms with Crippen molar-refractivity contribution >= 4 is 11.3 Å². The second kappa shape index (κ2) is 5.70. The highest BCUT2D eigenvalue weighted by molar-refractivity contribution is 7.07. The predicted octanol–water partition coefficient (Wildman–Crippen LogP) is 3.53. The fourth-order valence-electron chi connectivity index (χ4n) is 1.15. The number of aromatic nitrogens is 1. The summed E-state index contributed by atoms with van der Waals surface area (Å²) in [7, 11) is 0. The highest BCUT2D eigenvalue weighted by atomic mass is 32.1. The molecule has 0 amide bonds. The number of aryl methyl sites for hydroxylation is 2. The summed E-state index contributed by atoms with van der Waals surface area (Å²) >= 11 is 1.67. The van der Waals surface area contributed by atoms with E-state index in [1.807, 2.05) is 18.5 Å². The summed E-state index contributed by atoms with van der Waals surface area (Å²) in [6, 6.07) is 4.32. The Hall–Kier alpha value is -0.890. The van der Waals surface area contributed by atoms with E-state index < -0.39 is 0 Å². The van der Waals surface area contributed by atoms with Crippen molar-refractivity contribution in [2.45, 2.75) is 26.7 Å². The Morgan fingerprint density at radius 3 is 3.00 bits per heavy atom. The zero-order valence-corrected chi connectivity index (χ0v) is 8.97. The van der Waals surface area contributed by atoms with Gasteiger partial charge in [0.1, 0.15) is 0 Å². The quantitative estimate of drug-likeness (QED) is 0.700. The van der Waals surface area contributed by atoms with E-state index in [0.29, 0.717) is 0 Å². The van der Waals surface area contributed by atoms with Crippen molar-refractivity contribution in [2.24, 2.45) is 0 Å². The van der Waals surface area contributed by atoms with Gasteiger partial charge in [0, 0.05) is 17.3 Å². The summed E-state index contributed by atoms with van der Waals surface area (Å²) in [5.41, 5.74) is 2.44. The standard InChI is InChI=1S/C11H15NS/c1-3-4-11-5-7-13-8-6-12-10(2)9-11/h5-9H,3-4H2,1-2H3. The Bertz CT molecular complexity index is 303. The van der Waals surface area contributed by atoms with Crippen LogP contribution in [0.5, 0.6) is 0 Å². The van der Waals surface area contributed by atoms with Crippen LogP contribution in [0.15, 0.2) is 29.1 Å². The molecule has 0 aliphatic rings. The first-order chi connectivity index (χ1) is 6.33. The van der Waals surface area contributed by atoms with Gasteiger partial charge in [-0.3, -0.25) is 4.98 Å². The third-order valence-corrected chi connectivity index (χ3v) is 2.28. The lowest BCUT2D eigenvalue weighted by Crippen LogP contribution is -1.81. The minimum absolute atomic E-state index is 1.08. The Kier molecular flexibility index (Phi) is 4.47. The second-order valence-electron chi connectivity index (χ2n) is 2.96. The average Bonchev–Trinajstić information content (AvgIpc) is 2.18. The van der Waals surface area contributed by atoms with Crippen molar-refractivity contribution in [3.05, 3.63) is 40.3 Å². The van der Waals surface area contributed by atoms with Crippen LogP contribution in [-0.2, 0) is 6.42 Å². The molecule has 0 bridgehead atoms. The molecule has 0 aliphatic heterocycles. The molecule has 1 rings (SSSR count). The monoisotopic (exact) mass is 193 g/mol. The highest BCUT2D eigenvalue weighted by Gasteiger charge is 1.87. The van der Waals surface area contributed by atoms with Crippen LogP contribution in [-0.4, -0.2) is 4.98 Å². The van der Waals surface area contributed by atoms with Crippen LogP contribution in [0.1, 0.15) is 24.6 Å². The first-order valence-corrected chi connectivity index (χ1v) is 5.49. The molecule has 1 aromatic rings. The maximum Gasteiger partial charge on any atom is 0.0375 e. The van der Waals surface area contributed by atoms with E-state index in [2.05, 4.69) is 29.4 Å². The zero-order chi connectivity index (χ0) is 9.52. The summed E-state index contributed by atoms with van der Waals surface area (Å²) in [6.45, 7) is 4.23. The van der Waals surface area contributed by atoms with Crippen LogP contribution < -0.4 is 0 Å². The average molecular weight is 193 g/mol. The van der Waals surface area contributed by atoms with E-state index in [9.17, 15) is 0 Å². The summed E-state index contributed by atoms with van der Waals surface area (Å²) in [5.74, 6) is 0.